The number of allylic oxidation sites excluding steroid dienone is 4. The molecule has 0 bridgehead atoms. The molecule has 1 aromatic heterocycles. The van der Waals surface area contributed by atoms with Gasteiger partial charge in [0.2, 0.25) is 11.8 Å². The van der Waals surface area contributed by atoms with Crippen LogP contribution in [0.25, 0.3) is 0 Å². The van der Waals surface area contributed by atoms with Crippen molar-refractivity contribution < 1.29 is 36.3 Å². The number of nitrogens with zero attached hydrogens (tertiary/aromatic N) is 2. The van der Waals surface area contributed by atoms with Crippen LogP contribution < -0.4 is 16.8 Å². The number of hydrogen-bond donors (Lipinski definition) is 3. The number of rotatable bonds is 10. The second-order valence-corrected chi connectivity index (χ2v) is 9.47. The summed E-state index contributed by atoms with van der Waals surface area (Å²) in [5.74, 6) is -3.19. The molecule has 0 unspecified atom stereocenters. The summed E-state index contributed by atoms with van der Waals surface area (Å²) in [6.45, 7) is 1.06. The number of amides is 2. The molecular formula is C29H30F5N5O3. The molecule has 2 aromatic rings. The number of alkyl halides is 3. The molecule has 13 heteroatoms. The number of carbonyl (C=O) groups excluding carboxylic acids is 2. The SMILES string of the molecule is C[C@@H](/C=C\C=C\C(N)=O)c1cccnc1[C@H](Cc1cc(F)cc(F)c1)NC(=O)CN=C1COCCC1=C(N)C(F)(F)F. The van der Waals surface area contributed by atoms with E-state index < -0.39 is 47.9 Å². The van der Waals surface area contributed by atoms with Crippen molar-refractivity contribution in [3.05, 3.63) is 101 Å². The number of aromatic nitrogens is 1. The van der Waals surface area contributed by atoms with Gasteiger partial charge in [0.25, 0.3) is 0 Å². The lowest BCUT2D eigenvalue weighted by atomic mass is 9.92. The average Bonchev–Trinajstić information content (AvgIpc) is 2.92. The number of hydrogen-bond acceptors (Lipinski definition) is 6. The van der Waals surface area contributed by atoms with E-state index in [0.717, 1.165) is 18.2 Å². The Labute approximate surface area is 239 Å². The number of benzene rings is 1. The van der Waals surface area contributed by atoms with E-state index in [2.05, 4.69) is 15.3 Å². The maximum atomic E-state index is 14.0. The van der Waals surface area contributed by atoms with E-state index in [9.17, 15) is 31.5 Å². The molecule has 1 saturated heterocycles. The van der Waals surface area contributed by atoms with Gasteiger partial charge in [-0.25, -0.2) is 8.78 Å². The minimum atomic E-state index is -4.77. The molecular weight excluding hydrogens is 561 g/mol. The monoisotopic (exact) mass is 591 g/mol. The highest BCUT2D eigenvalue weighted by Gasteiger charge is 2.36. The number of pyridine rings is 1. The second-order valence-electron chi connectivity index (χ2n) is 9.47. The minimum Gasteiger partial charge on any atom is -0.394 e. The van der Waals surface area contributed by atoms with Crippen LogP contribution in [0.4, 0.5) is 22.0 Å². The molecule has 224 valence electrons. The molecule has 0 saturated carbocycles. The predicted molar refractivity (Wildman–Crippen MR) is 146 cm³/mol. The van der Waals surface area contributed by atoms with Crippen molar-refractivity contribution >= 4 is 17.5 Å². The molecule has 0 radical (unpaired) electrons. The summed E-state index contributed by atoms with van der Waals surface area (Å²) in [6, 6.07) is 5.51. The summed E-state index contributed by atoms with van der Waals surface area (Å²) in [5.41, 5.74) is 10.1. The lowest BCUT2D eigenvalue weighted by molar-refractivity contribution is -0.120. The van der Waals surface area contributed by atoms with Crippen molar-refractivity contribution in [3.8, 4) is 0 Å². The van der Waals surface area contributed by atoms with Crippen LogP contribution in [-0.4, -0.2) is 48.4 Å². The number of carbonyl (C=O) groups is 2. The molecule has 42 heavy (non-hydrogen) atoms. The van der Waals surface area contributed by atoms with E-state index in [4.69, 9.17) is 16.2 Å². The molecule has 2 amide bonds. The van der Waals surface area contributed by atoms with Crippen LogP contribution in [0.3, 0.4) is 0 Å². The summed E-state index contributed by atoms with van der Waals surface area (Å²) in [5, 5.41) is 2.75. The van der Waals surface area contributed by atoms with Crippen LogP contribution in [0.15, 0.2) is 77.1 Å². The van der Waals surface area contributed by atoms with Crippen LogP contribution in [0, 0.1) is 11.6 Å². The van der Waals surface area contributed by atoms with Gasteiger partial charge in [0.15, 0.2) is 0 Å². The third-order valence-electron chi connectivity index (χ3n) is 6.29. The maximum Gasteiger partial charge on any atom is 0.431 e. The average molecular weight is 592 g/mol. The lowest BCUT2D eigenvalue weighted by Crippen LogP contribution is -2.34. The van der Waals surface area contributed by atoms with Gasteiger partial charge in [-0.15, -0.1) is 0 Å². The molecule has 5 N–H and O–H groups in total. The third kappa shape index (κ3) is 9.33. The highest BCUT2D eigenvalue weighted by atomic mass is 19.4. The van der Waals surface area contributed by atoms with Crippen LogP contribution >= 0.6 is 0 Å². The number of aliphatic imine (C=N–C) groups is 1. The molecule has 1 aliphatic heterocycles. The summed E-state index contributed by atoms with van der Waals surface area (Å²) >= 11 is 0. The molecule has 2 atom stereocenters. The first-order valence-corrected chi connectivity index (χ1v) is 12.9. The quantitative estimate of drug-likeness (QED) is 0.218. The summed E-state index contributed by atoms with van der Waals surface area (Å²) in [7, 11) is 0. The van der Waals surface area contributed by atoms with Crippen molar-refractivity contribution in [3.63, 3.8) is 0 Å². The first kappa shape index (κ1) is 32.1. The van der Waals surface area contributed by atoms with Crippen LogP contribution in [0.2, 0.25) is 0 Å². The Morgan fingerprint density at radius 1 is 1.17 bits per heavy atom. The number of nitrogens with two attached hydrogens (primary N) is 2. The summed E-state index contributed by atoms with van der Waals surface area (Å²) in [4.78, 5) is 32.5. The standard InChI is InChI=1S/C29H30F5N5O3/c1-17(5-2-3-7-25(35)40)21-6-4-9-37-27(21)23(13-18-11-19(30)14-20(31)12-18)39-26(41)15-38-24-16-42-10-8-22(24)28(36)29(32,33)34/h2-7,9,11-12,14,17,23H,8,10,13,15-16,36H2,1H3,(H2,35,40)(H,39,41)/b5-2-,7-3+,28-22?,38-24?/t17-,23-/m0/s1. The fraction of sp³-hybridized carbons (Fsp3) is 0.310. The minimum absolute atomic E-state index is 0.0248. The zero-order chi connectivity index (χ0) is 30.9. The highest BCUT2D eigenvalue weighted by molar-refractivity contribution is 6.03. The molecule has 3 rings (SSSR count). The van der Waals surface area contributed by atoms with E-state index in [1.165, 1.54) is 18.3 Å². The zero-order valence-corrected chi connectivity index (χ0v) is 22.6. The number of primary amides is 1. The van der Waals surface area contributed by atoms with E-state index in [-0.39, 0.29) is 48.8 Å². The Kier molecular flexibility index (Phi) is 11.1. The van der Waals surface area contributed by atoms with Crippen molar-refractivity contribution in [1.29, 1.82) is 0 Å². The largest absolute Gasteiger partial charge is 0.431 e. The fourth-order valence-corrected chi connectivity index (χ4v) is 4.36. The van der Waals surface area contributed by atoms with Gasteiger partial charge in [-0.05, 0) is 42.2 Å². The van der Waals surface area contributed by atoms with E-state index in [1.807, 2.05) is 6.92 Å². The second kappa shape index (κ2) is 14.5. The van der Waals surface area contributed by atoms with E-state index in [0.29, 0.717) is 11.3 Å². The molecule has 0 spiro atoms. The zero-order valence-electron chi connectivity index (χ0n) is 22.6. The van der Waals surface area contributed by atoms with Crippen molar-refractivity contribution in [2.75, 3.05) is 19.8 Å². The Bertz CT molecular complexity index is 1400. The Hall–Kier alpha value is -4.39. The van der Waals surface area contributed by atoms with Crippen LogP contribution in [0.5, 0.6) is 0 Å². The molecule has 1 aliphatic rings. The van der Waals surface area contributed by atoms with Gasteiger partial charge in [0, 0.05) is 29.8 Å². The fourth-order valence-electron chi connectivity index (χ4n) is 4.36. The van der Waals surface area contributed by atoms with Gasteiger partial charge in [-0.2, -0.15) is 13.2 Å². The third-order valence-corrected chi connectivity index (χ3v) is 6.29. The topological polar surface area (TPSA) is 133 Å². The van der Waals surface area contributed by atoms with Gasteiger partial charge < -0.3 is 21.5 Å². The van der Waals surface area contributed by atoms with E-state index >= 15 is 0 Å². The highest BCUT2D eigenvalue weighted by Crippen LogP contribution is 2.29. The number of halogens is 5. The van der Waals surface area contributed by atoms with Crippen molar-refractivity contribution in [2.45, 2.75) is 37.9 Å². The smallest absolute Gasteiger partial charge is 0.394 e. The lowest BCUT2D eigenvalue weighted by Gasteiger charge is -2.23. The number of nitrogens with one attached hydrogen (secondary N) is 1. The molecule has 8 nitrogen and oxygen atoms in total. The number of ether oxygens (including phenoxy) is 1. The van der Waals surface area contributed by atoms with Gasteiger partial charge in [-0.3, -0.25) is 19.6 Å². The van der Waals surface area contributed by atoms with Crippen LogP contribution in [-0.2, 0) is 20.7 Å². The Balaban J connectivity index is 1.92. The Morgan fingerprint density at radius 3 is 2.55 bits per heavy atom. The Morgan fingerprint density at radius 2 is 1.88 bits per heavy atom. The normalized spacial score (nSPS) is 17.9. The van der Waals surface area contributed by atoms with Gasteiger partial charge in [0.1, 0.15) is 23.9 Å². The van der Waals surface area contributed by atoms with Gasteiger partial charge in [-0.1, -0.05) is 31.2 Å². The molecule has 1 fully saturated rings. The molecule has 0 aliphatic carbocycles. The first-order valence-electron chi connectivity index (χ1n) is 12.9. The molecule has 1 aromatic carbocycles. The van der Waals surface area contributed by atoms with Crippen molar-refractivity contribution in [2.24, 2.45) is 16.5 Å². The predicted octanol–water partition coefficient (Wildman–Crippen LogP) is 4.10. The maximum absolute atomic E-state index is 14.0. The van der Waals surface area contributed by atoms with E-state index in [1.54, 1.807) is 24.3 Å². The molecule has 2 heterocycles. The van der Waals surface area contributed by atoms with Gasteiger partial charge in [0.05, 0.1) is 30.7 Å². The first-order chi connectivity index (χ1) is 19.8. The van der Waals surface area contributed by atoms with Crippen LogP contribution in [0.1, 0.15) is 42.1 Å². The summed E-state index contributed by atoms with van der Waals surface area (Å²) < 4.78 is 72.8. The summed E-state index contributed by atoms with van der Waals surface area (Å²) in [6.07, 6.45) is 2.56. The van der Waals surface area contributed by atoms with Crippen molar-refractivity contribution in [1.82, 2.24) is 10.3 Å². The van der Waals surface area contributed by atoms with Gasteiger partial charge >= 0.3 is 6.18 Å².